The Morgan fingerprint density at radius 1 is 0.812 bits per heavy atom. The maximum Gasteiger partial charge on any atom is 0.322 e. The highest BCUT2D eigenvalue weighted by Gasteiger charge is 2.13. The zero-order chi connectivity index (χ0) is 22.3. The molecule has 0 aliphatic carbocycles. The molecule has 0 aliphatic rings. The molecule has 5 nitrogen and oxygen atoms in total. The lowest BCUT2D eigenvalue weighted by Crippen LogP contribution is -2.13. The Labute approximate surface area is 187 Å². The van der Waals surface area contributed by atoms with Crippen LogP contribution < -0.4 is 10.1 Å². The van der Waals surface area contributed by atoms with E-state index in [4.69, 9.17) is 4.74 Å². The van der Waals surface area contributed by atoms with Gasteiger partial charge >= 0.3 is 6.01 Å². The first-order valence-corrected chi connectivity index (χ1v) is 10.3. The number of carbonyl (C=O) groups is 1. The van der Waals surface area contributed by atoms with E-state index in [-0.39, 0.29) is 5.91 Å². The number of anilines is 1. The lowest BCUT2D eigenvalue weighted by molar-refractivity contribution is -0.111. The van der Waals surface area contributed by atoms with Crippen molar-refractivity contribution in [2.24, 2.45) is 0 Å². The quantitative estimate of drug-likeness (QED) is 0.303. The summed E-state index contributed by atoms with van der Waals surface area (Å²) in [6.07, 6.45) is 1.89. The van der Waals surface area contributed by atoms with Crippen LogP contribution in [0, 0.1) is 13.8 Å². The molecule has 1 aromatic heterocycles. The van der Waals surface area contributed by atoms with Crippen LogP contribution in [0.3, 0.4) is 0 Å². The van der Waals surface area contributed by atoms with Crippen LogP contribution in [0.5, 0.6) is 11.8 Å². The van der Waals surface area contributed by atoms with Gasteiger partial charge in [0.25, 0.3) is 5.91 Å². The highest BCUT2D eigenvalue weighted by Crippen LogP contribution is 2.24. The maximum atomic E-state index is 13.1. The lowest BCUT2D eigenvalue weighted by Gasteiger charge is -2.11. The van der Waals surface area contributed by atoms with E-state index < -0.39 is 0 Å². The van der Waals surface area contributed by atoms with E-state index in [2.05, 4.69) is 15.3 Å². The van der Waals surface area contributed by atoms with Crippen molar-refractivity contribution in [2.75, 3.05) is 5.32 Å². The first-order valence-electron chi connectivity index (χ1n) is 10.3. The van der Waals surface area contributed by atoms with E-state index in [1.807, 2.05) is 86.7 Å². The van der Waals surface area contributed by atoms with Gasteiger partial charge in [-0.3, -0.25) is 4.79 Å². The number of hydrogen-bond acceptors (Lipinski definition) is 4. The molecule has 32 heavy (non-hydrogen) atoms. The lowest BCUT2D eigenvalue weighted by atomic mass is 10.0. The predicted molar refractivity (Wildman–Crippen MR) is 127 cm³/mol. The summed E-state index contributed by atoms with van der Waals surface area (Å²) in [5, 5.41) is 2.98. The summed E-state index contributed by atoms with van der Waals surface area (Å²) in [5.74, 6) is 0.405. The number of carbonyl (C=O) groups excluding carboxylic acids is 1. The van der Waals surface area contributed by atoms with Crippen molar-refractivity contribution in [1.82, 2.24) is 9.97 Å². The van der Waals surface area contributed by atoms with Gasteiger partial charge < -0.3 is 10.1 Å². The smallest absolute Gasteiger partial charge is 0.322 e. The Morgan fingerprint density at radius 2 is 1.41 bits per heavy atom. The molecule has 0 radical (unpaired) electrons. The largest absolute Gasteiger partial charge is 0.424 e. The Hall–Kier alpha value is -4.25. The van der Waals surface area contributed by atoms with Gasteiger partial charge in [-0.25, -0.2) is 9.97 Å². The van der Waals surface area contributed by atoms with Gasteiger partial charge in [0.05, 0.1) is 0 Å². The first-order chi connectivity index (χ1) is 15.6. The third-order valence-corrected chi connectivity index (χ3v) is 4.72. The SMILES string of the molecule is Cc1cc(C)nc(Oc2ccc(NC(=O)/C(=C\c3ccccc3)c3ccccc3)cc2)n1. The molecule has 1 amide bonds. The number of benzene rings is 3. The molecule has 5 heteroatoms. The average molecular weight is 422 g/mol. The van der Waals surface area contributed by atoms with Gasteiger partial charge in [-0.2, -0.15) is 0 Å². The van der Waals surface area contributed by atoms with Gasteiger partial charge in [0.2, 0.25) is 0 Å². The van der Waals surface area contributed by atoms with Crippen LogP contribution in [0.25, 0.3) is 11.6 Å². The molecule has 1 heterocycles. The van der Waals surface area contributed by atoms with Crippen LogP contribution in [0.1, 0.15) is 22.5 Å². The second-order valence-corrected chi connectivity index (χ2v) is 7.35. The van der Waals surface area contributed by atoms with Crippen molar-refractivity contribution in [3.8, 4) is 11.8 Å². The fraction of sp³-hybridized carbons (Fsp3) is 0.0741. The van der Waals surface area contributed by atoms with Crippen molar-refractivity contribution < 1.29 is 9.53 Å². The topological polar surface area (TPSA) is 64.1 Å². The van der Waals surface area contributed by atoms with Crippen LogP contribution >= 0.6 is 0 Å². The number of amides is 1. The number of aromatic nitrogens is 2. The third kappa shape index (κ3) is 5.46. The molecule has 0 unspecified atom stereocenters. The predicted octanol–water partition coefficient (Wildman–Crippen LogP) is 6.07. The molecule has 4 aromatic rings. The van der Waals surface area contributed by atoms with Crippen LogP contribution in [-0.2, 0) is 4.79 Å². The van der Waals surface area contributed by atoms with E-state index in [9.17, 15) is 4.79 Å². The van der Waals surface area contributed by atoms with Gasteiger partial charge in [0, 0.05) is 22.6 Å². The van der Waals surface area contributed by atoms with Crippen molar-refractivity contribution in [1.29, 1.82) is 0 Å². The Kier molecular flexibility index (Phi) is 6.37. The molecule has 4 rings (SSSR count). The molecule has 0 spiro atoms. The molecule has 3 aromatic carbocycles. The molecule has 158 valence electrons. The molecule has 0 fully saturated rings. The number of ether oxygens (including phenoxy) is 1. The first kappa shape index (κ1) is 21.0. The van der Waals surface area contributed by atoms with Gasteiger partial charge in [0.1, 0.15) is 5.75 Å². The summed E-state index contributed by atoms with van der Waals surface area (Å²) in [4.78, 5) is 21.7. The molecular formula is C27H23N3O2. The number of hydrogen-bond donors (Lipinski definition) is 1. The summed E-state index contributed by atoms with van der Waals surface area (Å²) in [6, 6.07) is 28.7. The Balaban J connectivity index is 1.52. The van der Waals surface area contributed by atoms with Crippen molar-refractivity contribution in [3.63, 3.8) is 0 Å². The summed E-state index contributed by atoms with van der Waals surface area (Å²) in [7, 11) is 0. The highest BCUT2D eigenvalue weighted by molar-refractivity contribution is 6.29. The Bertz CT molecular complexity index is 1210. The van der Waals surface area contributed by atoms with Crippen molar-refractivity contribution in [3.05, 3.63) is 114 Å². The summed E-state index contributed by atoms with van der Waals surface area (Å²) in [5.41, 5.74) is 4.74. The van der Waals surface area contributed by atoms with E-state index in [1.54, 1.807) is 24.3 Å². The normalized spacial score (nSPS) is 11.1. The second kappa shape index (κ2) is 9.71. The number of rotatable bonds is 6. The number of aryl methyl sites for hydroxylation is 2. The van der Waals surface area contributed by atoms with Gasteiger partial charge in [-0.15, -0.1) is 0 Å². The minimum absolute atomic E-state index is 0.189. The van der Waals surface area contributed by atoms with Crippen LogP contribution in [0.15, 0.2) is 91.0 Å². The number of nitrogens with one attached hydrogen (secondary N) is 1. The zero-order valence-corrected chi connectivity index (χ0v) is 17.9. The van der Waals surface area contributed by atoms with Crippen molar-refractivity contribution in [2.45, 2.75) is 13.8 Å². The molecule has 0 atom stereocenters. The van der Waals surface area contributed by atoms with Crippen molar-refractivity contribution >= 4 is 23.2 Å². The van der Waals surface area contributed by atoms with Crippen LogP contribution in [-0.4, -0.2) is 15.9 Å². The minimum Gasteiger partial charge on any atom is -0.424 e. The number of nitrogens with zero attached hydrogens (tertiary/aromatic N) is 2. The van der Waals surface area contributed by atoms with E-state index in [0.717, 1.165) is 22.5 Å². The van der Waals surface area contributed by atoms with Crippen LogP contribution in [0.2, 0.25) is 0 Å². The average Bonchev–Trinajstić information content (AvgIpc) is 2.79. The van der Waals surface area contributed by atoms with Gasteiger partial charge in [-0.05, 0) is 61.4 Å². The molecule has 0 bridgehead atoms. The zero-order valence-electron chi connectivity index (χ0n) is 17.9. The third-order valence-electron chi connectivity index (χ3n) is 4.72. The maximum absolute atomic E-state index is 13.1. The summed E-state index contributed by atoms with van der Waals surface area (Å²) >= 11 is 0. The summed E-state index contributed by atoms with van der Waals surface area (Å²) < 4.78 is 5.75. The fourth-order valence-corrected chi connectivity index (χ4v) is 3.26. The molecular weight excluding hydrogens is 398 g/mol. The van der Waals surface area contributed by atoms with E-state index in [1.165, 1.54) is 0 Å². The highest BCUT2D eigenvalue weighted by atomic mass is 16.5. The molecule has 1 N–H and O–H groups in total. The monoisotopic (exact) mass is 421 g/mol. The second-order valence-electron chi connectivity index (χ2n) is 7.35. The van der Waals surface area contributed by atoms with Gasteiger partial charge in [-0.1, -0.05) is 60.7 Å². The van der Waals surface area contributed by atoms with E-state index in [0.29, 0.717) is 23.0 Å². The minimum atomic E-state index is -0.189. The van der Waals surface area contributed by atoms with Crippen LogP contribution in [0.4, 0.5) is 5.69 Å². The molecule has 0 aliphatic heterocycles. The fourth-order valence-electron chi connectivity index (χ4n) is 3.26. The summed E-state index contributed by atoms with van der Waals surface area (Å²) in [6.45, 7) is 3.79. The molecule has 0 saturated carbocycles. The van der Waals surface area contributed by atoms with E-state index >= 15 is 0 Å². The van der Waals surface area contributed by atoms with Gasteiger partial charge in [0.15, 0.2) is 0 Å². The Morgan fingerprint density at radius 3 is 2.03 bits per heavy atom. The standard InChI is InChI=1S/C27H23N3O2/c1-19-17-20(2)29-27(28-19)32-24-15-13-23(14-16-24)30-26(31)25(22-11-7-4-8-12-22)18-21-9-5-3-6-10-21/h3-18H,1-2H3,(H,30,31)/b25-18-. The molecule has 0 saturated heterocycles.